The molecule has 0 aromatic heterocycles. The largest absolute Gasteiger partial charge is 0.368 e. The predicted molar refractivity (Wildman–Crippen MR) is 152 cm³/mol. The number of hydrogen-bond acceptors (Lipinski definition) is 6. The quantitative estimate of drug-likeness (QED) is 0.319. The number of carbonyl (C=O) groups is 2. The molecule has 8 nitrogen and oxygen atoms in total. The third-order valence-electron chi connectivity index (χ3n) is 6.59. The number of nitrogens with one attached hydrogen (secondary N) is 4. The Morgan fingerprint density at radius 3 is 1.37 bits per heavy atom. The molecule has 0 aliphatic carbocycles. The van der Waals surface area contributed by atoms with Crippen LogP contribution >= 0.6 is 0 Å². The molecule has 4 aromatic carbocycles. The van der Waals surface area contributed by atoms with Gasteiger partial charge in [-0.2, -0.15) is 0 Å². The molecule has 2 amide bonds. The molecule has 0 saturated carbocycles. The molecule has 2 aliphatic rings. The monoisotopic (exact) mass is 502 g/mol. The zero-order chi connectivity index (χ0) is 25.9. The number of benzene rings is 4. The van der Waals surface area contributed by atoms with Gasteiger partial charge < -0.3 is 21.3 Å². The number of nitrogens with zero attached hydrogens (tertiary/aromatic N) is 2. The number of hydrogen-bond donors (Lipinski definition) is 4. The summed E-state index contributed by atoms with van der Waals surface area (Å²) in [4.78, 5) is 35.3. The van der Waals surface area contributed by atoms with Crippen molar-refractivity contribution in [2.24, 2.45) is 9.98 Å². The second kappa shape index (κ2) is 10.2. The minimum atomic E-state index is -0.240. The maximum Gasteiger partial charge on any atom is 0.256 e. The summed E-state index contributed by atoms with van der Waals surface area (Å²) < 4.78 is 0. The molecule has 188 valence electrons. The van der Waals surface area contributed by atoms with E-state index in [1.807, 2.05) is 72.8 Å². The van der Waals surface area contributed by atoms with Gasteiger partial charge in [0.1, 0.15) is 11.7 Å². The van der Waals surface area contributed by atoms with E-state index in [1.54, 1.807) is 12.1 Å². The lowest BCUT2D eigenvalue weighted by Crippen LogP contribution is -2.19. The average molecular weight is 503 g/mol. The summed E-state index contributed by atoms with van der Waals surface area (Å²) in [6.07, 6.45) is 0. The van der Waals surface area contributed by atoms with E-state index in [1.165, 1.54) is 0 Å². The highest BCUT2D eigenvalue weighted by molar-refractivity contribution is 6.19. The Kier molecular flexibility index (Phi) is 6.27. The molecule has 0 atom stereocenters. The number of aliphatic imine (C=N–C) groups is 2. The van der Waals surface area contributed by atoms with Gasteiger partial charge in [-0.25, -0.2) is 0 Å². The van der Waals surface area contributed by atoms with Gasteiger partial charge in [0.05, 0.1) is 13.1 Å². The fourth-order valence-electron chi connectivity index (χ4n) is 4.70. The van der Waals surface area contributed by atoms with Crippen molar-refractivity contribution in [3.8, 4) is 0 Å². The van der Waals surface area contributed by atoms with E-state index in [0.29, 0.717) is 33.3 Å². The van der Waals surface area contributed by atoms with Crippen LogP contribution in [0.4, 0.5) is 11.4 Å². The van der Waals surface area contributed by atoms with Crippen LogP contribution in [0, 0.1) is 0 Å². The Labute approximate surface area is 219 Å². The van der Waals surface area contributed by atoms with Gasteiger partial charge in [-0.05, 0) is 71.4 Å². The smallest absolute Gasteiger partial charge is 0.256 e. The van der Waals surface area contributed by atoms with Gasteiger partial charge in [-0.15, -0.1) is 0 Å². The first-order valence-corrected chi connectivity index (χ1v) is 12.6. The summed E-state index contributed by atoms with van der Waals surface area (Å²) in [7, 11) is 0. The zero-order valence-corrected chi connectivity index (χ0v) is 20.6. The van der Waals surface area contributed by atoms with E-state index < -0.39 is 0 Å². The Balaban J connectivity index is 1.20. The van der Waals surface area contributed by atoms with Crippen LogP contribution in [0.2, 0.25) is 0 Å². The van der Waals surface area contributed by atoms with Crippen LogP contribution in [0.25, 0.3) is 10.8 Å². The lowest BCUT2D eigenvalue weighted by Gasteiger charge is -2.13. The molecule has 0 bridgehead atoms. The van der Waals surface area contributed by atoms with Crippen LogP contribution < -0.4 is 21.3 Å². The molecule has 0 unspecified atom stereocenters. The topological polar surface area (TPSA) is 107 Å². The van der Waals surface area contributed by atoms with Crippen LogP contribution in [-0.2, 0) is 0 Å². The molecule has 6 rings (SSSR count). The van der Waals surface area contributed by atoms with E-state index in [-0.39, 0.29) is 11.8 Å². The van der Waals surface area contributed by atoms with Crippen LogP contribution in [0.5, 0.6) is 0 Å². The molecule has 8 heteroatoms. The summed E-state index contributed by atoms with van der Waals surface area (Å²) in [5.41, 5.74) is 4.34. The zero-order valence-electron chi connectivity index (χ0n) is 20.6. The minimum absolute atomic E-state index is 0.240. The van der Waals surface area contributed by atoms with Gasteiger partial charge in [0.25, 0.3) is 11.8 Å². The normalized spacial score (nSPS) is 14.3. The van der Waals surface area contributed by atoms with Crippen LogP contribution in [0.1, 0.15) is 31.8 Å². The second-order valence-corrected chi connectivity index (χ2v) is 9.08. The van der Waals surface area contributed by atoms with Crippen LogP contribution in [0.3, 0.4) is 0 Å². The SMILES string of the molecule is O=C(Nc1ccc(C2=NCCN2)cc1)c1ccc(C(=O)Nc2ccc(C3=NCCN3)cc2)c2ccccc12. The van der Waals surface area contributed by atoms with E-state index >= 15 is 0 Å². The first-order valence-electron chi connectivity index (χ1n) is 12.6. The van der Waals surface area contributed by atoms with Crippen molar-refractivity contribution in [1.29, 1.82) is 0 Å². The molecule has 0 fully saturated rings. The molecule has 38 heavy (non-hydrogen) atoms. The average Bonchev–Trinajstić information content (AvgIpc) is 3.69. The maximum atomic E-state index is 13.2. The van der Waals surface area contributed by atoms with E-state index in [0.717, 1.165) is 49.0 Å². The molecule has 0 saturated heterocycles. The maximum absolute atomic E-state index is 13.2. The number of anilines is 2. The van der Waals surface area contributed by atoms with E-state index in [4.69, 9.17) is 0 Å². The highest BCUT2D eigenvalue weighted by Gasteiger charge is 2.17. The second-order valence-electron chi connectivity index (χ2n) is 9.08. The summed E-state index contributed by atoms with van der Waals surface area (Å²) in [5, 5.41) is 13.8. The van der Waals surface area contributed by atoms with Gasteiger partial charge in [-0.1, -0.05) is 24.3 Å². The molecular formula is C30H26N6O2. The van der Waals surface area contributed by atoms with Gasteiger partial charge in [-0.3, -0.25) is 19.6 Å². The standard InChI is InChI=1S/C30H26N6O2/c37-29(35-21-9-5-19(6-10-21)27-31-15-16-32-27)25-13-14-26(24-4-2-1-3-23(24)25)30(38)36-22-11-7-20(8-12-22)28-33-17-18-34-28/h1-14H,15-18H2,(H,31,32)(H,33,34)(H,35,37)(H,36,38). The number of rotatable bonds is 6. The number of amidine groups is 2. The van der Waals surface area contributed by atoms with Crippen molar-refractivity contribution in [3.63, 3.8) is 0 Å². The molecule has 2 heterocycles. The molecule has 4 N–H and O–H groups in total. The minimum Gasteiger partial charge on any atom is -0.368 e. The fourth-order valence-corrected chi connectivity index (χ4v) is 4.70. The summed E-state index contributed by atoms with van der Waals surface area (Å²) in [6.45, 7) is 3.23. The van der Waals surface area contributed by atoms with E-state index in [9.17, 15) is 9.59 Å². The summed E-state index contributed by atoms with van der Waals surface area (Å²) in [6, 6.07) is 26.0. The molecule has 2 aliphatic heterocycles. The van der Waals surface area contributed by atoms with Crippen LogP contribution in [0.15, 0.2) is 94.9 Å². The Morgan fingerprint density at radius 2 is 1.00 bits per heavy atom. The first kappa shape index (κ1) is 23.4. The Hall–Kier alpha value is -4.98. The lowest BCUT2D eigenvalue weighted by molar-refractivity contribution is 0.101. The van der Waals surface area contributed by atoms with Crippen molar-refractivity contribution < 1.29 is 9.59 Å². The van der Waals surface area contributed by atoms with Gasteiger partial charge in [0.2, 0.25) is 0 Å². The molecule has 0 radical (unpaired) electrons. The predicted octanol–water partition coefficient (Wildman–Crippen LogP) is 4.04. The number of carbonyl (C=O) groups excluding carboxylic acids is 2. The van der Waals surface area contributed by atoms with Gasteiger partial charge >= 0.3 is 0 Å². The van der Waals surface area contributed by atoms with Crippen molar-refractivity contribution >= 4 is 45.6 Å². The first-order chi connectivity index (χ1) is 18.7. The Morgan fingerprint density at radius 1 is 0.579 bits per heavy atom. The highest BCUT2D eigenvalue weighted by atomic mass is 16.2. The summed E-state index contributed by atoms with van der Waals surface area (Å²) in [5.74, 6) is 1.27. The third kappa shape index (κ3) is 4.71. The van der Waals surface area contributed by atoms with Crippen molar-refractivity contribution in [2.45, 2.75) is 0 Å². The van der Waals surface area contributed by atoms with Crippen LogP contribution in [-0.4, -0.2) is 49.7 Å². The molecule has 4 aromatic rings. The Bertz CT molecular complexity index is 1470. The summed E-state index contributed by atoms with van der Waals surface area (Å²) >= 11 is 0. The number of amides is 2. The van der Waals surface area contributed by atoms with Gasteiger partial charge in [0.15, 0.2) is 0 Å². The fraction of sp³-hybridized carbons (Fsp3) is 0.133. The lowest BCUT2D eigenvalue weighted by atomic mass is 9.98. The molecular weight excluding hydrogens is 476 g/mol. The van der Waals surface area contributed by atoms with Crippen molar-refractivity contribution in [1.82, 2.24) is 10.6 Å². The third-order valence-corrected chi connectivity index (χ3v) is 6.59. The van der Waals surface area contributed by atoms with Gasteiger partial charge in [0, 0.05) is 46.7 Å². The number of fused-ring (bicyclic) bond motifs is 1. The van der Waals surface area contributed by atoms with Crippen molar-refractivity contribution in [2.75, 3.05) is 36.8 Å². The highest BCUT2D eigenvalue weighted by Crippen LogP contribution is 2.25. The van der Waals surface area contributed by atoms with Crippen molar-refractivity contribution in [3.05, 3.63) is 107 Å². The molecule has 0 spiro atoms. The van der Waals surface area contributed by atoms with E-state index in [2.05, 4.69) is 31.3 Å².